The van der Waals surface area contributed by atoms with Gasteiger partial charge >= 0.3 is 0 Å². The summed E-state index contributed by atoms with van der Waals surface area (Å²) >= 11 is 0. The van der Waals surface area contributed by atoms with E-state index in [1.807, 2.05) is 6.21 Å². The van der Waals surface area contributed by atoms with E-state index in [2.05, 4.69) is 91.6 Å². The SMILES string of the molecule is CC1Cc2ccccc2N1N=CC1=C2C=CC=CC2(C)N(C)C=C1. The third-order valence-electron chi connectivity index (χ3n) is 5.35. The van der Waals surface area contributed by atoms with E-state index in [0.717, 1.165) is 6.42 Å². The molecule has 2 atom stereocenters. The molecular weight excluding hydrogens is 294 g/mol. The lowest BCUT2D eigenvalue weighted by atomic mass is 9.81. The van der Waals surface area contributed by atoms with Gasteiger partial charge in [-0.05, 0) is 43.5 Å². The van der Waals surface area contributed by atoms with Crippen LogP contribution in [0, 0.1) is 0 Å². The van der Waals surface area contributed by atoms with Crippen molar-refractivity contribution in [1.82, 2.24) is 4.90 Å². The van der Waals surface area contributed by atoms with Crippen LogP contribution in [0.3, 0.4) is 0 Å². The summed E-state index contributed by atoms with van der Waals surface area (Å²) in [6, 6.07) is 8.94. The van der Waals surface area contributed by atoms with Gasteiger partial charge in [0, 0.05) is 18.8 Å². The highest BCUT2D eigenvalue weighted by molar-refractivity contribution is 5.87. The molecule has 0 aromatic heterocycles. The predicted molar refractivity (Wildman–Crippen MR) is 101 cm³/mol. The molecule has 2 aliphatic heterocycles. The number of fused-ring (bicyclic) bond motifs is 2. The van der Waals surface area contributed by atoms with Crippen LogP contribution in [0.15, 0.2) is 77.1 Å². The Kier molecular flexibility index (Phi) is 3.45. The lowest BCUT2D eigenvalue weighted by Gasteiger charge is -2.41. The van der Waals surface area contributed by atoms with Crippen LogP contribution in [-0.4, -0.2) is 29.7 Å². The lowest BCUT2D eigenvalue weighted by Crippen LogP contribution is -2.43. The normalized spacial score (nSPS) is 28.0. The van der Waals surface area contributed by atoms with Crippen molar-refractivity contribution in [3.05, 3.63) is 77.6 Å². The number of likely N-dealkylation sites (N-methyl/N-ethyl adjacent to an activating group) is 1. The molecule has 0 amide bonds. The number of hydrogen-bond acceptors (Lipinski definition) is 3. The van der Waals surface area contributed by atoms with Crippen molar-refractivity contribution in [2.24, 2.45) is 5.10 Å². The van der Waals surface area contributed by atoms with Gasteiger partial charge in [0.25, 0.3) is 0 Å². The van der Waals surface area contributed by atoms with Gasteiger partial charge in [0.2, 0.25) is 0 Å². The Morgan fingerprint density at radius 2 is 2.04 bits per heavy atom. The van der Waals surface area contributed by atoms with Gasteiger partial charge in [-0.2, -0.15) is 5.10 Å². The van der Waals surface area contributed by atoms with Crippen LogP contribution in [0.4, 0.5) is 5.69 Å². The Morgan fingerprint density at radius 1 is 1.21 bits per heavy atom. The quantitative estimate of drug-likeness (QED) is 0.766. The number of rotatable bonds is 2. The van der Waals surface area contributed by atoms with Crippen LogP contribution in [0.5, 0.6) is 0 Å². The summed E-state index contributed by atoms with van der Waals surface area (Å²) in [5, 5.41) is 6.99. The second-order valence-corrected chi connectivity index (χ2v) is 6.93. The van der Waals surface area contributed by atoms with Crippen molar-refractivity contribution in [1.29, 1.82) is 0 Å². The Bertz CT molecular complexity index is 812. The zero-order valence-electron chi connectivity index (χ0n) is 14.5. The van der Waals surface area contributed by atoms with Crippen LogP contribution < -0.4 is 5.01 Å². The Morgan fingerprint density at radius 3 is 2.92 bits per heavy atom. The van der Waals surface area contributed by atoms with Gasteiger partial charge in [-0.15, -0.1) is 0 Å². The molecule has 3 aliphatic rings. The van der Waals surface area contributed by atoms with E-state index in [-0.39, 0.29) is 5.54 Å². The van der Waals surface area contributed by atoms with E-state index in [9.17, 15) is 0 Å². The third-order valence-corrected chi connectivity index (χ3v) is 5.35. The third kappa shape index (κ3) is 2.23. The molecule has 0 radical (unpaired) electrons. The van der Waals surface area contributed by atoms with Gasteiger partial charge in [-0.1, -0.05) is 42.5 Å². The summed E-state index contributed by atoms with van der Waals surface area (Å²) in [5.41, 5.74) is 4.97. The molecule has 3 heteroatoms. The van der Waals surface area contributed by atoms with Gasteiger partial charge < -0.3 is 4.90 Å². The van der Waals surface area contributed by atoms with Crippen LogP contribution in [0.25, 0.3) is 0 Å². The van der Waals surface area contributed by atoms with Crippen molar-refractivity contribution in [3.63, 3.8) is 0 Å². The Balaban J connectivity index is 1.69. The fourth-order valence-electron chi connectivity index (χ4n) is 3.75. The van der Waals surface area contributed by atoms with Crippen LogP contribution in [0.1, 0.15) is 19.4 Å². The van der Waals surface area contributed by atoms with Gasteiger partial charge in [-0.25, -0.2) is 0 Å². The first-order chi connectivity index (χ1) is 11.6. The van der Waals surface area contributed by atoms with E-state index in [4.69, 9.17) is 5.10 Å². The average Bonchev–Trinajstić information content (AvgIpc) is 2.90. The standard InChI is InChI=1S/C21H23N3/c1-16-14-17-8-4-5-10-20(17)24(16)22-15-18-11-13-23(3)21(2)12-7-6-9-19(18)21/h4-13,15-16H,14H2,1-3H3. The first-order valence-corrected chi connectivity index (χ1v) is 8.52. The number of hydrazone groups is 1. The molecule has 0 saturated heterocycles. The number of para-hydroxylation sites is 1. The van der Waals surface area contributed by atoms with Crippen molar-refractivity contribution in [2.75, 3.05) is 12.1 Å². The number of benzene rings is 1. The first kappa shape index (κ1) is 15.0. The number of hydrogen-bond donors (Lipinski definition) is 0. The largest absolute Gasteiger partial charge is 0.368 e. The zero-order valence-corrected chi connectivity index (χ0v) is 14.5. The highest BCUT2D eigenvalue weighted by atomic mass is 15.5. The first-order valence-electron chi connectivity index (χ1n) is 8.52. The molecule has 4 rings (SSSR count). The molecule has 0 spiro atoms. The van der Waals surface area contributed by atoms with Crippen molar-refractivity contribution in [2.45, 2.75) is 31.8 Å². The van der Waals surface area contributed by atoms with Crippen LogP contribution in [-0.2, 0) is 6.42 Å². The van der Waals surface area contributed by atoms with Crippen molar-refractivity contribution in [3.8, 4) is 0 Å². The summed E-state index contributed by atoms with van der Waals surface area (Å²) in [4.78, 5) is 2.24. The fourth-order valence-corrected chi connectivity index (χ4v) is 3.75. The number of nitrogens with zero attached hydrogens (tertiary/aromatic N) is 3. The molecule has 1 aromatic rings. The summed E-state index contributed by atoms with van der Waals surface area (Å²) in [6.07, 6.45) is 16.0. The average molecular weight is 317 g/mol. The van der Waals surface area contributed by atoms with E-state index >= 15 is 0 Å². The highest BCUT2D eigenvalue weighted by Crippen LogP contribution is 2.35. The van der Waals surface area contributed by atoms with Gasteiger partial charge in [0.15, 0.2) is 0 Å². The monoisotopic (exact) mass is 317 g/mol. The summed E-state index contributed by atoms with van der Waals surface area (Å²) in [7, 11) is 2.12. The minimum Gasteiger partial charge on any atom is -0.368 e. The molecule has 24 heavy (non-hydrogen) atoms. The second kappa shape index (κ2) is 5.52. The maximum atomic E-state index is 4.84. The predicted octanol–water partition coefficient (Wildman–Crippen LogP) is 4.06. The molecule has 1 aliphatic carbocycles. The fraction of sp³-hybridized carbons (Fsp3) is 0.286. The van der Waals surface area contributed by atoms with E-state index < -0.39 is 0 Å². The molecule has 2 heterocycles. The Labute approximate surface area is 144 Å². The molecular formula is C21H23N3. The smallest absolute Gasteiger partial charge is 0.0809 e. The van der Waals surface area contributed by atoms with E-state index in [1.165, 1.54) is 22.4 Å². The van der Waals surface area contributed by atoms with Crippen LogP contribution in [0.2, 0.25) is 0 Å². The Hall–Kier alpha value is -2.55. The van der Waals surface area contributed by atoms with Gasteiger partial charge in [0.1, 0.15) is 0 Å². The summed E-state index contributed by atoms with van der Waals surface area (Å²) < 4.78 is 0. The molecule has 0 fully saturated rings. The molecule has 3 nitrogen and oxygen atoms in total. The highest BCUT2D eigenvalue weighted by Gasteiger charge is 2.33. The van der Waals surface area contributed by atoms with Crippen molar-refractivity contribution >= 4 is 11.9 Å². The molecule has 1 aromatic carbocycles. The summed E-state index contributed by atoms with van der Waals surface area (Å²) in [6.45, 7) is 4.47. The second-order valence-electron chi connectivity index (χ2n) is 6.93. The molecule has 0 saturated carbocycles. The number of anilines is 1. The minimum absolute atomic E-state index is 0.0978. The maximum Gasteiger partial charge on any atom is 0.0809 e. The zero-order chi connectivity index (χ0) is 16.7. The molecule has 2 unspecified atom stereocenters. The summed E-state index contributed by atoms with van der Waals surface area (Å²) in [5.74, 6) is 0. The molecule has 0 N–H and O–H groups in total. The maximum absolute atomic E-state index is 4.84. The van der Waals surface area contributed by atoms with Crippen LogP contribution >= 0.6 is 0 Å². The van der Waals surface area contributed by atoms with Gasteiger partial charge in [-0.3, -0.25) is 5.01 Å². The van der Waals surface area contributed by atoms with E-state index in [0.29, 0.717) is 6.04 Å². The van der Waals surface area contributed by atoms with Crippen molar-refractivity contribution < 1.29 is 0 Å². The van der Waals surface area contributed by atoms with E-state index in [1.54, 1.807) is 0 Å². The number of allylic oxidation sites excluding steroid dienone is 4. The lowest BCUT2D eigenvalue weighted by molar-refractivity contribution is 0.304. The molecule has 0 bridgehead atoms. The minimum atomic E-state index is -0.0978. The molecule has 122 valence electrons. The van der Waals surface area contributed by atoms with Gasteiger partial charge in [0.05, 0.1) is 23.5 Å². The topological polar surface area (TPSA) is 18.8 Å².